The molecule has 0 aromatic heterocycles. The molecule has 2 fully saturated rings. The zero-order valence-corrected chi connectivity index (χ0v) is 14.3. The van der Waals surface area contributed by atoms with Crippen molar-refractivity contribution in [3.8, 4) is 0 Å². The number of nitrogens with one attached hydrogen (secondary N) is 2. The summed E-state index contributed by atoms with van der Waals surface area (Å²) in [7, 11) is -3.31. The van der Waals surface area contributed by atoms with Gasteiger partial charge in [-0.25, -0.2) is 0 Å². The molecule has 0 aromatic carbocycles. The second-order valence-corrected chi connectivity index (χ2v) is 8.38. The average molecular weight is 317 g/mol. The van der Waals surface area contributed by atoms with Crippen molar-refractivity contribution in [3.05, 3.63) is 0 Å². The average Bonchev–Trinajstić information content (AvgIpc) is 2.36. The molecule has 0 spiro atoms. The highest BCUT2D eigenvalue weighted by Gasteiger charge is 2.32. The molecule has 1 heterocycles. The summed E-state index contributed by atoms with van der Waals surface area (Å²) in [5.41, 5.74) is 0. The Morgan fingerprint density at radius 3 is 2.62 bits per heavy atom. The molecule has 21 heavy (non-hydrogen) atoms. The van der Waals surface area contributed by atoms with E-state index in [2.05, 4.69) is 17.0 Å². The van der Waals surface area contributed by atoms with Crippen LogP contribution in [0.5, 0.6) is 0 Å². The smallest absolute Gasteiger partial charge is 0.279 e. The van der Waals surface area contributed by atoms with Gasteiger partial charge in [0.1, 0.15) is 0 Å². The van der Waals surface area contributed by atoms with Crippen LogP contribution >= 0.6 is 0 Å². The van der Waals surface area contributed by atoms with E-state index in [9.17, 15) is 8.42 Å². The lowest BCUT2D eigenvalue weighted by molar-refractivity contribution is 0.239. The number of piperidine rings is 1. The molecule has 1 saturated heterocycles. The fourth-order valence-electron chi connectivity index (χ4n) is 3.24. The summed E-state index contributed by atoms with van der Waals surface area (Å²) in [5.74, 6) is 0.979. The quantitative estimate of drug-likeness (QED) is 0.670. The molecule has 2 N–H and O–H groups in total. The van der Waals surface area contributed by atoms with Gasteiger partial charge in [0.25, 0.3) is 10.2 Å². The Labute approximate surface area is 130 Å². The van der Waals surface area contributed by atoms with Gasteiger partial charge in [-0.3, -0.25) is 0 Å². The molecule has 0 aromatic rings. The molecule has 124 valence electrons. The largest absolute Gasteiger partial charge is 0.316 e. The zero-order chi connectivity index (χ0) is 15.3. The van der Waals surface area contributed by atoms with E-state index >= 15 is 0 Å². The molecule has 0 radical (unpaired) electrons. The molecule has 2 atom stereocenters. The number of nitrogens with zero attached hydrogens (tertiary/aromatic N) is 1. The Morgan fingerprint density at radius 1 is 1.24 bits per heavy atom. The molecule has 1 saturated carbocycles. The Bertz CT molecular complexity index is 409. The highest BCUT2D eigenvalue weighted by Crippen LogP contribution is 2.30. The van der Waals surface area contributed by atoms with Gasteiger partial charge in [0.15, 0.2) is 0 Å². The maximum Gasteiger partial charge on any atom is 0.279 e. The number of hydrogen-bond donors (Lipinski definition) is 2. The van der Waals surface area contributed by atoms with Gasteiger partial charge in [-0.2, -0.15) is 17.4 Å². The third-order valence-corrected chi connectivity index (χ3v) is 6.55. The van der Waals surface area contributed by atoms with Crippen LogP contribution in [0.4, 0.5) is 0 Å². The van der Waals surface area contributed by atoms with E-state index in [1.807, 2.05) is 6.92 Å². The molecule has 0 amide bonds. The summed E-state index contributed by atoms with van der Waals surface area (Å²) in [5, 5.41) is 3.41. The first-order chi connectivity index (χ1) is 10.0. The third-order valence-electron chi connectivity index (χ3n) is 4.87. The zero-order valence-electron chi connectivity index (χ0n) is 13.5. The molecule has 5 nitrogen and oxygen atoms in total. The van der Waals surface area contributed by atoms with Gasteiger partial charge in [0.2, 0.25) is 0 Å². The number of hydrogen-bond acceptors (Lipinski definition) is 3. The summed E-state index contributed by atoms with van der Waals surface area (Å²) < 4.78 is 29.6. The maximum atomic E-state index is 12.5. The third kappa shape index (κ3) is 4.91. The van der Waals surface area contributed by atoms with E-state index in [0.29, 0.717) is 24.9 Å². The van der Waals surface area contributed by atoms with Crippen LogP contribution in [0.25, 0.3) is 0 Å². The van der Waals surface area contributed by atoms with E-state index in [1.165, 1.54) is 6.42 Å². The van der Waals surface area contributed by atoms with Crippen molar-refractivity contribution in [2.24, 2.45) is 11.8 Å². The Balaban J connectivity index is 1.83. The minimum absolute atomic E-state index is 0.0716. The summed E-state index contributed by atoms with van der Waals surface area (Å²) in [6.07, 6.45) is 6.78. The van der Waals surface area contributed by atoms with Crippen molar-refractivity contribution in [1.29, 1.82) is 0 Å². The molecule has 1 aliphatic carbocycles. The van der Waals surface area contributed by atoms with Crippen LogP contribution in [0.3, 0.4) is 0 Å². The first-order valence-electron chi connectivity index (χ1n) is 8.51. The second-order valence-electron chi connectivity index (χ2n) is 6.67. The van der Waals surface area contributed by atoms with Crippen molar-refractivity contribution in [1.82, 2.24) is 14.3 Å². The first-order valence-corrected chi connectivity index (χ1v) is 9.95. The van der Waals surface area contributed by atoms with Gasteiger partial charge in [-0.1, -0.05) is 13.3 Å². The van der Waals surface area contributed by atoms with Crippen LogP contribution in [-0.2, 0) is 10.2 Å². The van der Waals surface area contributed by atoms with Gasteiger partial charge in [0, 0.05) is 19.1 Å². The van der Waals surface area contributed by atoms with Crippen LogP contribution < -0.4 is 10.0 Å². The minimum Gasteiger partial charge on any atom is -0.316 e. The molecular weight excluding hydrogens is 286 g/mol. The van der Waals surface area contributed by atoms with Crippen molar-refractivity contribution < 1.29 is 8.42 Å². The van der Waals surface area contributed by atoms with Gasteiger partial charge >= 0.3 is 0 Å². The normalized spacial score (nSPS) is 26.5. The fourth-order valence-corrected chi connectivity index (χ4v) is 4.83. The highest BCUT2D eigenvalue weighted by molar-refractivity contribution is 7.87. The second kappa shape index (κ2) is 7.90. The van der Waals surface area contributed by atoms with Crippen LogP contribution in [0.2, 0.25) is 0 Å². The van der Waals surface area contributed by atoms with E-state index in [-0.39, 0.29) is 6.04 Å². The molecular formula is C15H31N3O2S. The molecule has 2 unspecified atom stereocenters. The number of rotatable bonds is 8. The summed E-state index contributed by atoms with van der Waals surface area (Å²) in [6, 6.07) is 0.0716. The predicted molar refractivity (Wildman–Crippen MR) is 86.3 cm³/mol. The van der Waals surface area contributed by atoms with E-state index < -0.39 is 10.2 Å². The van der Waals surface area contributed by atoms with E-state index in [0.717, 1.165) is 45.2 Å². The fraction of sp³-hybridized carbons (Fsp3) is 1.00. The SMILES string of the molecule is CCCNCC1CCCN(S(=O)(=O)NC(C)C2CCC2)C1. The standard InChI is InChI=1S/C15H31N3O2S/c1-3-9-16-11-14-6-5-10-18(12-14)21(19,20)17-13(2)15-7-4-8-15/h13-17H,3-12H2,1-2H3. The van der Waals surface area contributed by atoms with Crippen LogP contribution in [-0.4, -0.2) is 44.9 Å². The Hall–Kier alpha value is -0.170. The predicted octanol–water partition coefficient (Wildman–Crippen LogP) is 1.72. The maximum absolute atomic E-state index is 12.5. The van der Waals surface area contributed by atoms with Crippen molar-refractivity contribution in [2.75, 3.05) is 26.2 Å². The Kier molecular flexibility index (Phi) is 6.47. The molecule has 2 rings (SSSR count). The van der Waals surface area contributed by atoms with E-state index in [1.54, 1.807) is 4.31 Å². The lowest BCUT2D eigenvalue weighted by Gasteiger charge is -2.36. The molecule has 1 aliphatic heterocycles. The van der Waals surface area contributed by atoms with Crippen LogP contribution in [0.15, 0.2) is 0 Å². The van der Waals surface area contributed by atoms with Gasteiger partial charge in [-0.05, 0) is 64.0 Å². The molecule has 6 heteroatoms. The monoisotopic (exact) mass is 317 g/mol. The van der Waals surface area contributed by atoms with Crippen molar-refractivity contribution >= 4 is 10.2 Å². The van der Waals surface area contributed by atoms with Crippen molar-refractivity contribution in [3.63, 3.8) is 0 Å². The molecule has 0 bridgehead atoms. The summed E-state index contributed by atoms with van der Waals surface area (Å²) >= 11 is 0. The van der Waals surface area contributed by atoms with Crippen LogP contribution in [0.1, 0.15) is 52.4 Å². The minimum atomic E-state index is -3.31. The topological polar surface area (TPSA) is 61.4 Å². The summed E-state index contributed by atoms with van der Waals surface area (Å²) in [4.78, 5) is 0. The lowest BCUT2D eigenvalue weighted by atomic mass is 9.81. The van der Waals surface area contributed by atoms with Gasteiger partial charge in [0.05, 0.1) is 0 Å². The van der Waals surface area contributed by atoms with Crippen molar-refractivity contribution in [2.45, 2.75) is 58.4 Å². The lowest BCUT2D eigenvalue weighted by Crippen LogP contribution is -2.51. The van der Waals surface area contributed by atoms with E-state index in [4.69, 9.17) is 0 Å². The Morgan fingerprint density at radius 2 is 2.00 bits per heavy atom. The first kappa shape index (κ1) is 17.2. The van der Waals surface area contributed by atoms with Crippen LogP contribution in [0, 0.1) is 11.8 Å². The summed E-state index contributed by atoms with van der Waals surface area (Å²) in [6.45, 7) is 7.42. The highest BCUT2D eigenvalue weighted by atomic mass is 32.2. The molecule has 2 aliphatic rings. The van der Waals surface area contributed by atoms with Gasteiger partial charge < -0.3 is 5.32 Å². The van der Waals surface area contributed by atoms with Gasteiger partial charge in [-0.15, -0.1) is 0 Å².